The number of ether oxygens (including phenoxy) is 1. The quantitative estimate of drug-likeness (QED) is 0.610. The van der Waals surface area contributed by atoms with E-state index in [0.717, 1.165) is 22.4 Å². The van der Waals surface area contributed by atoms with Crippen molar-refractivity contribution in [3.05, 3.63) is 69.7 Å². The van der Waals surface area contributed by atoms with Gasteiger partial charge >= 0.3 is 5.97 Å². The zero-order chi connectivity index (χ0) is 21.1. The summed E-state index contributed by atoms with van der Waals surface area (Å²) >= 11 is 1.31. The molecule has 0 saturated heterocycles. The van der Waals surface area contributed by atoms with E-state index >= 15 is 0 Å². The standard InChI is InChI=1S/C22H22N2O4S/c1-13-9-14(2)20(15(3)10-13)24(16(4)25)22-23-17(12-29-22)11-28-21(27)18-7-5-6-8-19(18)26/h5-10,12,26H,11H2,1-4H3. The molecule has 3 rings (SSSR count). The van der Waals surface area contributed by atoms with Crippen LogP contribution in [0.1, 0.15) is 39.7 Å². The van der Waals surface area contributed by atoms with E-state index in [4.69, 9.17) is 4.74 Å². The zero-order valence-electron chi connectivity index (χ0n) is 16.7. The van der Waals surface area contributed by atoms with Gasteiger partial charge in [0.1, 0.15) is 17.9 Å². The molecule has 0 radical (unpaired) electrons. The first-order valence-corrected chi connectivity index (χ1v) is 9.94. The number of hydrogen-bond acceptors (Lipinski definition) is 6. The minimum atomic E-state index is -0.633. The molecule has 2 aromatic carbocycles. The highest BCUT2D eigenvalue weighted by Crippen LogP contribution is 2.34. The van der Waals surface area contributed by atoms with E-state index in [2.05, 4.69) is 4.98 Å². The van der Waals surface area contributed by atoms with E-state index in [1.54, 1.807) is 22.4 Å². The summed E-state index contributed by atoms with van der Waals surface area (Å²) in [5.41, 5.74) is 4.54. The van der Waals surface area contributed by atoms with Crippen molar-refractivity contribution in [2.24, 2.45) is 0 Å². The minimum Gasteiger partial charge on any atom is -0.507 e. The third-order valence-corrected chi connectivity index (χ3v) is 5.25. The summed E-state index contributed by atoms with van der Waals surface area (Å²) in [6, 6.07) is 10.2. The predicted octanol–water partition coefficient (Wildman–Crippen LogP) is 4.82. The van der Waals surface area contributed by atoms with Crippen molar-refractivity contribution in [2.75, 3.05) is 4.90 Å². The second-order valence-corrected chi connectivity index (χ2v) is 7.65. The van der Waals surface area contributed by atoms with Crippen LogP contribution in [0.3, 0.4) is 0 Å². The van der Waals surface area contributed by atoms with Gasteiger partial charge in [-0.1, -0.05) is 29.8 Å². The molecular weight excluding hydrogens is 388 g/mol. The average molecular weight is 410 g/mol. The Labute approximate surface area is 173 Å². The molecule has 0 bridgehead atoms. The van der Waals surface area contributed by atoms with Crippen LogP contribution >= 0.6 is 11.3 Å². The molecule has 7 heteroatoms. The first-order chi connectivity index (χ1) is 13.8. The van der Waals surface area contributed by atoms with Gasteiger partial charge in [0, 0.05) is 12.3 Å². The van der Waals surface area contributed by atoms with Crippen LogP contribution in [0.25, 0.3) is 0 Å². The normalized spacial score (nSPS) is 10.6. The highest BCUT2D eigenvalue weighted by Gasteiger charge is 2.22. The molecule has 0 aliphatic carbocycles. The van der Waals surface area contributed by atoms with Crippen LogP contribution in [0.4, 0.5) is 10.8 Å². The maximum Gasteiger partial charge on any atom is 0.342 e. The number of phenolic OH excluding ortho intramolecular Hbond substituents is 1. The van der Waals surface area contributed by atoms with Gasteiger partial charge in [0.15, 0.2) is 5.13 Å². The van der Waals surface area contributed by atoms with Gasteiger partial charge in [-0.2, -0.15) is 0 Å². The number of thiazole rings is 1. The third-order valence-electron chi connectivity index (χ3n) is 4.38. The molecule has 0 saturated carbocycles. The number of aryl methyl sites for hydroxylation is 3. The lowest BCUT2D eigenvalue weighted by atomic mass is 10.0. The number of nitrogens with zero attached hydrogens (tertiary/aromatic N) is 2. The van der Waals surface area contributed by atoms with Crippen molar-refractivity contribution >= 4 is 34.0 Å². The Morgan fingerprint density at radius 1 is 1.14 bits per heavy atom. The monoisotopic (exact) mass is 410 g/mol. The number of carbonyl (C=O) groups is 2. The number of carbonyl (C=O) groups excluding carboxylic acids is 2. The summed E-state index contributed by atoms with van der Waals surface area (Å²) in [5.74, 6) is -0.914. The number of aromatic hydroxyl groups is 1. The molecule has 6 nitrogen and oxygen atoms in total. The molecule has 0 aliphatic rings. The van der Waals surface area contributed by atoms with Crippen LogP contribution in [0.2, 0.25) is 0 Å². The number of para-hydroxylation sites is 1. The zero-order valence-corrected chi connectivity index (χ0v) is 17.5. The molecule has 0 aliphatic heterocycles. The molecule has 0 unspecified atom stereocenters. The Balaban J connectivity index is 1.81. The van der Waals surface area contributed by atoms with Gasteiger partial charge in [0.05, 0.1) is 11.4 Å². The fourth-order valence-electron chi connectivity index (χ4n) is 3.24. The van der Waals surface area contributed by atoms with E-state index in [9.17, 15) is 14.7 Å². The van der Waals surface area contributed by atoms with Gasteiger partial charge in [-0.05, 0) is 44.0 Å². The molecule has 1 aromatic heterocycles. The summed E-state index contributed by atoms with van der Waals surface area (Å²) in [5, 5.41) is 12.0. The van der Waals surface area contributed by atoms with Crippen LogP contribution in [-0.4, -0.2) is 22.0 Å². The van der Waals surface area contributed by atoms with Gasteiger partial charge in [0.25, 0.3) is 0 Å². The van der Waals surface area contributed by atoms with Gasteiger partial charge in [-0.3, -0.25) is 9.69 Å². The van der Waals surface area contributed by atoms with E-state index in [0.29, 0.717) is 10.8 Å². The summed E-state index contributed by atoms with van der Waals surface area (Å²) in [6.45, 7) is 7.39. The van der Waals surface area contributed by atoms with Crippen molar-refractivity contribution in [1.82, 2.24) is 4.98 Å². The molecule has 0 spiro atoms. The average Bonchev–Trinajstić information content (AvgIpc) is 3.11. The summed E-state index contributed by atoms with van der Waals surface area (Å²) in [4.78, 5) is 30.6. The Hall–Kier alpha value is -3.19. The van der Waals surface area contributed by atoms with Crippen LogP contribution in [0, 0.1) is 20.8 Å². The summed E-state index contributed by atoms with van der Waals surface area (Å²) in [6.07, 6.45) is 0. The van der Waals surface area contributed by atoms with Crippen LogP contribution in [0.15, 0.2) is 41.8 Å². The Morgan fingerprint density at radius 3 is 2.41 bits per heavy atom. The van der Waals surface area contributed by atoms with Gasteiger partial charge < -0.3 is 9.84 Å². The fourth-order valence-corrected chi connectivity index (χ4v) is 4.10. The fraction of sp³-hybridized carbons (Fsp3) is 0.227. The predicted molar refractivity (Wildman–Crippen MR) is 113 cm³/mol. The molecule has 3 aromatic rings. The topological polar surface area (TPSA) is 79.7 Å². The Morgan fingerprint density at radius 2 is 1.79 bits per heavy atom. The summed E-state index contributed by atoms with van der Waals surface area (Å²) < 4.78 is 5.26. The maximum atomic E-state index is 12.4. The lowest BCUT2D eigenvalue weighted by Gasteiger charge is -2.23. The smallest absolute Gasteiger partial charge is 0.342 e. The first-order valence-electron chi connectivity index (χ1n) is 9.06. The number of amides is 1. The molecule has 0 fully saturated rings. The molecule has 1 N–H and O–H groups in total. The molecule has 1 amide bonds. The SMILES string of the molecule is CC(=O)N(c1nc(COC(=O)c2ccccc2O)cs1)c1c(C)cc(C)cc1C. The van der Waals surface area contributed by atoms with Crippen molar-refractivity contribution in [1.29, 1.82) is 0 Å². The van der Waals surface area contributed by atoms with Crippen LogP contribution in [0.5, 0.6) is 5.75 Å². The van der Waals surface area contributed by atoms with Gasteiger partial charge in [0.2, 0.25) is 5.91 Å². The number of aromatic nitrogens is 1. The highest BCUT2D eigenvalue weighted by molar-refractivity contribution is 7.14. The van der Waals surface area contributed by atoms with E-state index in [1.165, 1.54) is 30.4 Å². The van der Waals surface area contributed by atoms with Crippen molar-refractivity contribution < 1.29 is 19.4 Å². The maximum absolute atomic E-state index is 12.4. The lowest BCUT2D eigenvalue weighted by molar-refractivity contribution is -0.115. The van der Waals surface area contributed by atoms with E-state index in [-0.39, 0.29) is 23.8 Å². The third kappa shape index (κ3) is 4.46. The number of rotatable bonds is 5. The van der Waals surface area contributed by atoms with Crippen molar-refractivity contribution in [2.45, 2.75) is 34.3 Å². The van der Waals surface area contributed by atoms with Gasteiger partial charge in [-0.25, -0.2) is 9.78 Å². The van der Waals surface area contributed by atoms with E-state index in [1.807, 2.05) is 32.9 Å². The first kappa shape index (κ1) is 20.5. The molecule has 29 heavy (non-hydrogen) atoms. The van der Waals surface area contributed by atoms with Crippen molar-refractivity contribution in [3.8, 4) is 5.75 Å². The number of esters is 1. The van der Waals surface area contributed by atoms with Crippen LogP contribution in [-0.2, 0) is 16.1 Å². The van der Waals surface area contributed by atoms with Crippen molar-refractivity contribution in [3.63, 3.8) is 0 Å². The number of hydrogen-bond donors (Lipinski definition) is 1. The lowest BCUT2D eigenvalue weighted by Crippen LogP contribution is -2.24. The molecule has 150 valence electrons. The van der Waals surface area contributed by atoms with Crippen LogP contribution < -0.4 is 4.90 Å². The number of anilines is 2. The largest absolute Gasteiger partial charge is 0.507 e. The second-order valence-electron chi connectivity index (χ2n) is 6.82. The molecule has 0 atom stereocenters. The molecular formula is C22H22N2O4S. The highest BCUT2D eigenvalue weighted by atomic mass is 32.1. The van der Waals surface area contributed by atoms with E-state index < -0.39 is 5.97 Å². The molecule has 1 heterocycles. The summed E-state index contributed by atoms with van der Waals surface area (Å²) in [7, 11) is 0. The van der Waals surface area contributed by atoms with Gasteiger partial charge in [-0.15, -0.1) is 11.3 Å². The number of phenols is 1. The minimum absolute atomic E-state index is 0.0543. The Kier molecular flexibility index (Phi) is 5.98. The Bertz CT molecular complexity index is 1050. The number of benzene rings is 2. The second kappa shape index (κ2) is 8.45.